The van der Waals surface area contributed by atoms with Crippen molar-refractivity contribution in [3.8, 4) is 11.4 Å². The Labute approximate surface area is 399 Å². The number of nitrogens with one attached hydrogen (secondary N) is 1. The summed E-state index contributed by atoms with van der Waals surface area (Å²) in [5.74, 6) is 1.41. The number of hydrogen-bond donors (Lipinski definition) is 1. The summed E-state index contributed by atoms with van der Waals surface area (Å²) in [5, 5.41) is 15.6. The number of fused-ring (bicyclic) bond motifs is 13. The summed E-state index contributed by atoms with van der Waals surface area (Å²) in [7, 11) is 0. The van der Waals surface area contributed by atoms with Crippen LogP contribution in [0.1, 0.15) is 23.6 Å². The van der Waals surface area contributed by atoms with Gasteiger partial charge in [0, 0.05) is 74.9 Å². The highest BCUT2D eigenvalue weighted by molar-refractivity contribution is 7.25. The molecule has 10 aromatic carbocycles. The minimum Gasteiger partial charge on any atom is -0.454 e. The van der Waals surface area contributed by atoms with Crippen molar-refractivity contribution in [1.82, 2.24) is 14.5 Å². The minimum absolute atomic E-state index is 0.664. The number of nitrogens with zero attached hydrogens (tertiary/aromatic N) is 4. The van der Waals surface area contributed by atoms with Gasteiger partial charge in [0.25, 0.3) is 0 Å². The van der Waals surface area contributed by atoms with Gasteiger partial charge in [0.1, 0.15) is 11.4 Å². The lowest BCUT2D eigenvalue weighted by atomic mass is 9.93. The summed E-state index contributed by atoms with van der Waals surface area (Å²) >= 11 is 1.81. The molecular formula is C62H39N5OS. The quantitative estimate of drug-likeness (QED) is 0.187. The van der Waals surface area contributed by atoms with Crippen LogP contribution in [0.2, 0.25) is 0 Å². The molecule has 0 saturated heterocycles. The Balaban J connectivity index is 0.970. The molecule has 0 spiro atoms. The van der Waals surface area contributed by atoms with E-state index in [-0.39, 0.29) is 0 Å². The van der Waals surface area contributed by atoms with Crippen molar-refractivity contribution in [1.29, 1.82) is 0 Å². The van der Waals surface area contributed by atoms with Crippen molar-refractivity contribution >= 4 is 120 Å². The zero-order chi connectivity index (χ0) is 45.4. The van der Waals surface area contributed by atoms with Gasteiger partial charge < -0.3 is 18.9 Å². The normalized spacial score (nSPS) is 15.4. The molecule has 0 radical (unpaired) electrons. The third kappa shape index (κ3) is 5.65. The topological polar surface area (TPSA) is 59.8 Å². The van der Waals surface area contributed by atoms with Crippen LogP contribution in [0, 0.1) is 0 Å². The van der Waals surface area contributed by atoms with Gasteiger partial charge in [-0.05, 0) is 96.6 Å². The van der Waals surface area contributed by atoms with Crippen LogP contribution < -0.4 is 5.32 Å². The molecule has 0 bridgehead atoms. The van der Waals surface area contributed by atoms with Crippen LogP contribution >= 0.6 is 11.3 Å². The minimum atomic E-state index is -0.991. The number of rotatable bonds is 5. The maximum absolute atomic E-state index is 7.07. The third-order valence-electron chi connectivity index (χ3n) is 14.3. The van der Waals surface area contributed by atoms with E-state index in [1.54, 1.807) is 11.3 Å². The number of hydrogen-bond acceptors (Lipinski definition) is 5. The van der Waals surface area contributed by atoms with Gasteiger partial charge in [0.15, 0.2) is 17.1 Å². The monoisotopic (exact) mass is 901 g/mol. The van der Waals surface area contributed by atoms with Gasteiger partial charge in [0.2, 0.25) is 0 Å². The van der Waals surface area contributed by atoms with Gasteiger partial charge in [-0.25, -0.2) is 9.98 Å². The third-order valence-corrected chi connectivity index (χ3v) is 15.5. The highest BCUT2D eigenvalue weighted by Gasteiger charge is 2.36. The van der Waals surface area contributed by atoms with Crippen LogP contribution in [-0.4, -0.2) is 20.8 Å². The molecule has 6 nitrogen and oxygen atoms in total. The largest absolute Gasteiger partial charge is 0.454 e. The molecule has 0 saturated carbocycles. The molecule has 69 heavy (non-hydrogen) atoms. The summed E-state index contributed by atoms with van der Waals surface area (Å²) < 4.78 is 14.3. The van der Waals surface area contributed by atoms with E-state index in [9.17, 15) is 0 Å². The van der Waals surface area contributed by atoms with Gasteiger partial charge in [-0.3, -0.25) is 0 Å². The van der Waals surface area contributed by atoms with Crippen molar-refractivity contribution in [3.63, 3.8) is 0 Å². The van der Waals surface area contributed by atoms with E-state index in [2.05, 4.69) is 228 Å². The predicted octanol–water partition coefficient (Wildman–Crippen LogP) is 16.0. The van der Waals surface area contributed by atoms with Crippen molar-refractivity contribution < 1.29 is 4.42 Å². The highest BCUT2D eigenvalue weighted by Crippen LogP contribution is 2.45. The summed E-state index contributed by atoms with van der Waals surface area (Å²) in [6, 6.07) is 76.1. The second-order valence-electron chi connectivity index (χ2n) is 18.3. The number of aliphatic imine (C=N–C) groups is 2. The van der Waals surface area contributed by atoms with Crippen LogP contribution in [0.25, 0.3) is 108 Å². The Morgan fingerprint density at radius 3 is 1.94 bits per heavy atom. The Hall–Kier alpha value is -8.78. The molecule has 7 heteroatoms. The number of para-hydroxylation sites is 4. The fourth-order valence-electron chi connectivity index (χ4n) is 11.2. The maximum Gasteiger partial charge on any atom is 0.159 e. The molecule has 1 aliphatic heterocycles. The zero-order valence-corrected chi connectivity index (χ0v) is 38.1. The zero-order valence-electron chi connectivity index (χ0n) is 37.3. The predicted molar refractivity (Wildman–Crippen MR) is 289 cm³/mol. The second-order valence-corrected chi connectivity index (χ2v) is 19.4. The van der Waals surface area contributed by atoms with Gasteiger partial charge in [0.05, 0.1) is 27.8 Å². The smallest absolute Gasteiger partial charge is 0.159 e. The lowest BCUT2D eigenvalue weighted by molar-refractivity contribution is 0.459. The average Bonchev–Trinajstić information content (AvgIpc) is 4.15. The van der Waals surface area contributed by atoms with Crippen molar-refractivity contribution in [2.45, 2.75) is 12.6 Å². The summed E-state index contributed by atoms with van der Waals surface area (Å²) in [6.45, 7) is 2.18. The molecule has 324 valence electrons. The van der Waals surface area contributed by atoms with Crippen molar-refractivity contribution in [2.24, 2.45) is 9.98 Å². The Kier molecular flexibility index (Phi) is 7.98. The van der Waals surface area contributed by atoms with E-state index < -0.39 is 5.66 Å². The van der Waals surface area contributed by atoms with Gasteiger partial charge >= 0.3 is 0 Å². The van der Waals surface area contributed by atoms with E-state index in [4.69, 9.17) is 14.4 Å². The molecule has 1 atom stereocenters. The molecule has 0 aliphatic carbocycles. The first kappa shape index (κ1) is 38.3. The Bertz CT molecular complexity index is 4550. The maximum atomic E-state index is 7.07. The summed E-state index contributed by atoms with van der Waals surface area (Å²) in [6.07, 6.45) is 0. The average molecular weight is 902 g/mol. The highest BCUT2D eigenvalue weighted by atomic mass is 32.1. The lowest BCUT2D eigenvalue weighted by Gasteiger charge is -2.34. The van der Waals surface area contributed by atoms with E-state index in [0.29, 0.717) is 5.84 Å². The van der Waals surface area contributed by atoms with Gasteiger partial charge in [-0.1, -0.05) is 133 Å². The van der Waals surface area contributed by atoms with Crippen molar-refractivity contribution in [2.75, 3.05) is 0 Å². The number of furan rings is 1. The first-order valence-electron chi connectivity index (χ1n) is 23.4. The molecule has 1 N–H and O–H groups in total. The van der Waals surface area contributed by atoms with Crippen LogP contribution in [0.3, 0.4) is 0 Å². The molecule has 4 aromatic heterocycles. The standard InChI is InChI=1S/C62H39N5OS/c1-62(49-30-32-53(59-58(49)46-22-9-13-25-55(46)68-59)67-51-24-12-8-20-43(51)48-33-37-15-5-6-16-38(37)35-54(48)67)64-60(63-61(65-62)40-27-29-45-44-21-10-14-26-56(44)69-57(45)36-40)39-28-31-52-47(34-39)42-19-7-11-23-50(42)66(52)41-17-3-2-4-18-41/h2-36H,1H3,(H,63,64,65). The Morgan fingerprint density at radius 2 is 1.12 bits per heavy atom. The molecule has 1 unspecified atom stereocenters. The fourth-order valence-corrected chi connectivity index (χ4v) is 12.3. The fraction of sp³-hybridized carbons (Fsp3) is 0.0323. The van der Waals surface area contributed by atoms with E-state index in [1.807, 2.05) is 6.07 Å². The molecule has 0 amide bonds. The van der Waals surface area contributed by atoms with Crippen LogP contribution in [0.5, 0.6) is 0 Å². The number of aromatic nitrogens is 2. The first-order chi connectivity index (χ1) is 34.0. The SMILES string of the molecule is CC1(c2ccc(-n3c4ccccc4c4cc5ccccc5cc43)c3oc4ccccc4c23)N=C(c2ccc3c(c2)sc2ccccc23)N=C(c2ccc3c(c2)c2ccccc2n3-c2ccccc2)N1. The van der Waals surface area contributed by atoms with Crippen molar-refractivity contribution in [3.05, 3.63) is 229 Å². The molecular weight excluding hydrogens is 863 g/mol. The number of amidine groups is 2. The lowest BCUT2D eigenvalue weighted by Crippen LogP contribution is -2.46. The van der Waals surface area contributed by atoms with Crippen LogP contribution in [0.15, 0.2) is 227 Å². The molecule has 1 aliphatic rings. The van der Waals surface area contributed by atoms with Crippen LogP contribution in [-0.2, 0) is 5.66 Å². The second kappa shape index (κ2) is 14.4. The molecule has 0 fully saturated rings. The number of benzene rings is 10. The number of thiophene rings is 1. The molecule has 14 aromatic rings. The van der Waals surface area contributed by atoms with Gasteiger partial charge in [-0.15, -0.1) is 11.3 Å². The molecule has 5 heterocycles. The first-order valence-corrected chi connectivity index (χ1v) is 24.2. The summed E-state index contributed by atoms with van der Waals surface area (Å²) in [4.78, 5) is 11.1. The molecule has 15 rings (SSSR count). The summed E-state index contributed by atoms with van der Waals surface area (Å²) in [5.41, 5.74) is 10.2. The van der Waals surface area contributed by atoms with Gasteiger partial charge in [-0.2, -0.15) is 0 Å². The van der Waals surface area contributed by atoms with E-state index >= 15 is 0 Å². The van der Waals surface area contributed by atoms with E-state index in [0.717, 1.165) is 83.3 Å². The van der Waals surface area contributed by atoms with Crippen LogP contribution in [0.4, 0.5) is 0 Å². The van der Waals surface area contributed by atoms with E-state index in [1.165, 1.54) is 47.1 Å². The Morgan fingerprint density at radius 1 is 0.478 bits per heavy atom.